The van der Waals surface area contributed by atoms with Gasteiger partial charge in [0, 0.05) is 68.0 Å². The zero-order chi connectivity index (χ0) is 22.1. The minimum Gasteiger partial charge on any atom is -0.366 e. The maximum absolute atomic E-state index is 14.2. The molecule has 5 rings (SSSR count). The van der Waals surface area contributed by atoms with E-state index < -0.39 is 0 Å². The smallest absolute Gasteiger partial charge is 0.256 e. The molecule has 1 amide bonds. The molecule has 0 radical (unpaired) electrons. The molecule has 32 heavy (non-hydrogen) atoms. The summed E-state index contributed by atoms with van der Waals surface area (Å²) in [5.41, 5.74) is 3.07. The van der Waals surface area contributed by atoms with Crippen LogP contribution in [0.5, 0.6) is 0 Å². The largest absolute Gasteiger partial charge is 0.366 e. The first kappa shape index (κ1) is 20.4. The van der Waals surface area contributed by atoms with E-state index in [4.69, 9.17) is 0 Å². The van der Waals surface area contributed by atoms with Crippen LogP contribution in [0.4, 0.5) is 10.1 Å². The SMILES string of the molecule is O=C(c1c(-c2cncnc2)cc(=O)n2c1CCCC2)N1CCN(c2ccccc2F)CC1. The summed E-state index contributed by atoms with van der Waals surface area (Å²) in [6, 6.07) is 8.25. The topological polar surface area (TPSA) is 71.3 Å². The molecule has 1 aromatic carbocycles. The average molecular weight is 433 g/mol. The van der Waals surface area contributed by atoms with Crippen LogP contribution in [0.2, 0.25) is 0 Å². The molecule has 7 nitrogen and oxygen atoms in total. The lowest BCUT2D eigenvalue weighted by molar-refractivity contribution is 0.0744. The van der Waals surface area contributed by atoms with Crippen molar-refractivity contribution in [2.24, 2.45) is 0 Å². The third-order valence-electron chi connectivity index (χ3n) is 6.31. The van der Waals surface area contributed by atoms with Crippen molar-refractivity contribution in [2.45, 2.75) is 25.8 Å². The van der Waals surface area contributed by atoms with Crippen LogP contribution < -0.4 is 10.5 Å². The quantitative estimate of drug-likeness (QED) is 0.635. The maximum Gasteiger partial charge on any atom is 0.256 e. The lowest BCUT2D eigenvalue weighted by Gasteiger charge is -2.37. The fraction of sp³-hybridized carbons (Fsp3) is 0.333. The van der Waals surface area contributed by atoms with Crippen LogP contribution in [0.25, 0.3) is 11.1 Å². The third-order valence-corrected chi connectivity index (χ3v) is 6.31. The van der Waals surface area contributed by atoms with E-state index in [0.29, 0.717) is 61.5 Å². The monoisotopic (exact) mass is 433 g/mol. The zero-order valence-corrected chi connectivity index (χ0v) is 17.7. The lowest BCUT2D eigenvalue weighted by atomic mass is 9.94. The summed E-state index contributed by atoms with van der Waals surface area (Å²) in [6.45, 7) is 2.69. The Labute approximate surface area is 185 Å². The van der Waals surface area contributed by atoms with Crippen LogP contribution in [0.15, 0.2) is 53.8 Å². The summed E-state index contributed by atoms with van der Waals surface area (Å²) in [7, 11) is 0. The molecule has 4 heterocycles. The number of aromatic nitrogens is 3. The first-order valence-corrected chi connectivity index (χ1v) is 10.9. The molecule has 1 fully saturated rings. The standard InChI is InChI=1S/C24H24FN5O2/c25-19-5-1-2-6-20(19)28-9-11-29(12-10-28)24(32)23-18(17-14-26-16-27-15-17)13-22(31)30-8-4-3-7-21(23)30/h1-2,5-6,13-16H,3-4,7-12H2. The summed E-state index contributed by atoms with van der Waals surface area (Å²) in [6.07, 6.45) is 7.25. The van der Waals surface area contributed by atoms with Crippen LogP contribution in [0.3, 0.4) is 0 Å². The highest BCUT2D eigenvalue weighted by Crippen LogP contribution is 2.29. The second-order valence-corrected chi connectivity index (χ2v) is 8.18. The van der Waals surface area contributed by atoms with Gasteiger partial charge in [-0.05, 0) is 31.4 Å². The van der Waals surface area contributed by atoms with Gasteiger partial charge in [0.2, 0.25) is 0 Å². The number of benzene rings is 1. The number of hydrogen-bond acceptors (Lipinski definition) is 5. The Balaban J connectivity index is 1.49. The van der Waals surface area contributed by atoms with Gasteiger partial charge in [0.1, 0.15) is 12.1 Å². The van der Waals surface area contributed by atoms with Gasteiger partial charge in [-0.3, -0.25) is 9.59 Å². The van der Waals surface area contributed by atoms with Crippen LogP contribution in [0, 0.1) is 5.82 Å². The van der Waals surface area contributed by atoms with E-state index >= 15 is 0 Å². The molecule has 0 bridgehead atoms. The molecule has 0 aliphatic carbocycles. The third kappa shape index (κ3) is 3.66. The highest BCUT2D eigenvalue weighted by molar-refractivity contribution is 6.02. The van der Waals surface area contributed by atoms with Gasteiger partial charge < -0.3 is 14.4 Å². The number of piperazine rings is 1. The predicted octanol–water partition coefficient (Wildman–Crippen LogP) is 2.74. The van der Waals surface area contributed by atoms with E-state index in [2.05, 4.69) is 9.97 Å². The van der Waals surface area contributed by atoms with Gasteiger partial charge in [0.25, 0.3) is 11.5 Å². The van der Waals surface area contributed by atoms with Crippen LogP contribution in [0.1, 0.15) is 28.9 Å². The number of pyridine rings is 1. The number of anilines is 1. The Morgan fingerprint density at radius 2 is 1.72 bits per heavy atom. The van der Waals surface area contributed by atoms with Crippen molar-refractivity contribution in [3.05, 3.63) is 76.5 Å². The van der Waals surface area contributed by atoms with Gasteiger partial charge in [0.05, 0.1) is 11.3 Å². The summed E-state index contributed by atoms with van der Waals surface area (Å²) < 4.78 is 15.9. The number of halogens is 1. The van der Waals surface area contributed by atoms with Gasteiger partial charge in [-0.25, -0.2) is 14.4 Å². The number of nitrogens with zero attached hydrogens (tertiary/aromatic N) is 5. The minimum atomic E-state index is -0.254. The van der Waals surface area contributed by atoms with E-state index in [-0.39, 0.29) is 17.3 Å². The van der Waals surface area contributed by atoms with Crippen LogP contribution >= 0.6 is 0 Å². The molecule has 164 valence electrons. The van der Waals surface area contributed by atoms with Crippen molar-refractivity contribution >= 4 is 11.6 Å². The first-order chi connectivity index (χ1) is 15.6. The second-order valence-electron chi connectivity index (χ2n) is 8.18. The van der Waals surface area contributed by atoms with E-state index in [1.807, 2.05) is 11.0 Å². The van der Waals surface area contributed by atoms with Crippen molar-refractivity contribution in [3.8, 4) is 11.1 Å². The van der Waals surface area contributed by atoms with Crippen molar-refractivity contribution < 1.29 is 9.18 Å². The number of fused-ring (bicyclic) bond motifs is 1. The van der Waals surface area contributed by atoms with E-state index in [0.717, 1.165) is 18.5 Å². The molecular weight excluding hydrogens is 409 g/mol. The average Bonchev–Trinajstić information content (AvgIpc) is 2.85. The number of carbonyl (C=O) groups excluding carboxylic acids is 1. The summed E-state index contributed by atoms with van der Waals surface area (Å²) in [5, 5.41) is 0. The predicted molar refractivity (Wildman–Crippen MR) is 119 cm³/mol. The number of rotatable bonds is 3. The summed E-state index contributed by atoms with van der Waals surface area (Å²) >= 11 is 0. The van der Waals surface area contributed by atoms with E-state index in [1.54, 1.807) is 34.0 Å². The number of para-hydroxylation sites is 1. The van der Waals surface area contributed by atoms with Gasteiger partial charge in [0.15, 0.2) is 0 Å². The minimum absolute atomic E-state index is 0.0947. The molecule has 0 spiro atoms. The number of hydrogen-bond donors (Lipinski definition) is 0. The molecule has 0 N–H and O–H groups in total. The van der Waals surface area contributed by atoms with Gasteiger partial charge in [-0.15, -0.1) is 0 Å². The number of carbonyl (C=O) groups is 1. The van der Waals surface area contributed by atoms with Gasteiger partial charge in [-0.1, -0.05) is 12.1 Å². The Kier molecular flexibility index (Phi) is 5.43. The van der Waals surface area contributed by atoms with Crippen molar-refractivity contribution in [1.29, 1.82) is 0 Å². The normalized spacial score (nSPS) is 16.0. The molecular formula is C24H24FN5O2. The summed E-state index contributed by atoms with van der Waals surface area (Å²) in [5.74, 6) is -0.349. The molecule has 2 aliphatic heterocycles. The summed E-state index contributed by atoms with van der Waals surface area (Å²) in [4.78, 5) is 38.5. The maximum atomic E-state index is 14.2. The van der Waals surface area contributed by atoms with Crippen LogP contribution in [-0.4, -0.2) is 51.5 Å². The van der Waals surface area contributed by atoms with E-state index in [1.165, 1.54) is 18.5 Å². The van der Waals surface area contributed by atoms with Crippen molar-refractivity contribution in [2.75, 3.05) is 31.1 Å². The first-order valence-electron chi connectivity index (χ1n) is 10.9. The molecule has 8 heteroatoms. The number of amides is 1. The molecule has 2 aromatic heterocycles. The Bertz CT molecular complexity index is 1200. The van der Waals surface area contributed by atoms with Gasteiger partial charge >= 0.3 is 0 Å². The van der Waals surface area contributed by atoms with E-state index in [9.17, 15) is 14.0 Å². The molecule has 1 saturated heterocycles. The van der Waals surface area contributed by atoms with Crippen molar-refractivity contribution in [3.63, 3.8) is 0 Å². The Hall–Kier alpha value is -3.55. The molecule has 2 aliphatic rings. The second kappa shape index (κ2) is 8.53. The Morgan fingerprint density at radius 3 is 2.47 bits per heavy atom. The lowest BCUT2D eigenvalue weighted by Crippen LogP contribution is -2.49. The Morgan fingerprint density at radius 1 is 0.969 bits per heavy atom. The van der Waals surface area contributed by atoms with Gasteiger partial charge in [-0.2, -0.15) is 0 Å². The molecule has 0 atom stereocenters. The zero-order valence-electron chi connectivity index (χ0n) is 17.7. The highest BCUT2D eigenvalue weighted by atomic mass is 19.1. The fourth-order valence-corrected chi connectivity index (χ4v) is 4.69. The van der Waals surface area contributed by atoms with Crippen molar-refractivity contribution in [1.82, 2.24) is 19.4 Å². The van der Waals surface area contributed by atoms with Crippen LogP contribution in [-0.2, 0) is 13.0 Å². The molecule has 3 aromatic rings. The molecule has 0 unspecified atom stereocenters. The highest BCUT2D eigenvalue weighted by Gasteiger charge is 2.30. The fourth-order valence-electron chi connectivity index (χ4n) is 4.69. The molecule has 0 saturated carbocycles.